The Bertz CT molecular complexity index is 770. The SMILES string of the molecule is COC(=O)N1CC[C@@H](c2cc(=O)[nH]o2)C[C@H]1Cc1ccccc1F. The predicted octanol–water partition coefficient (Wildman–Crippen LogP) is 2.66. The molecule has 3 rings (SSSR count). The van der Waals surface area contributed by atoms with Crippen molar-refractivity contribution < 1.29 is 18.4 Å². The fourth-order valence-electron chi connectivity index (χ4n) is 3.28. The van der Waals surface area contributed by atoms with E-state index in [0.29, 0.717) is 37.1 Å². The van der Waals surface area contributed by atoms with Crippen LogP contribution in [0.1, 0.15) is 30.1 Å². The molecule has 2 atom stereocenters. The van der Waals surface area contributed by atoms with Gasteiger partial charge in [-0.1, -0.05) is 18.2 Å². The molecule has 6 nitrogen and oxygen atoms in total. The van der Waals surface area contributed by atoms with Crippen LogP contribution in [0.3, 0.4) is 0 Å². The molecule has 0 unspecified atom stereocenters. The number of aromatic nitrogens is 1. The first-order valence-corrected chi connectivity index (χ1v) is 7.85. The molecule has 7 heteroatoms. The number of rotatable bonds is 3. The van der Waals surface area contributed by atoms with Gasteiger partial charge in [0.05, 0.1) is 7.11 Å². The number of nitrogens with one attached hydrogen (secondary N) is 1. The number of hydrogen-bond donors (Lipinski definition) is 1. The van der Waals surface area contributed by atoms with Crippen molar-refractivity contribution in [2.24, 2.45) is 0 Å². The average molecular weight is 334 g/mol. The minimum absolute atomic E-state index is 0.00151. The summed E-state index contributed by atoms with van der Waals surface area (Å²) in [6, 6.07) is 7.72. The number of aromatic amines is 1. The van der Waals surface area contributed by atoms with E-state index in [9.17, 15) is 14.0 Å². The van der Waals surface area contributed by atoms with E-state index in [0.717, 1.165) is 0 Å². The fourth-order valence-corrected chi connectivity index (χ4v) is 3.28. The molecule has 0 aliphatic carbocycles. The maximum atomic E-state index is 14.0. The molecule has 1 saturated heterocycles. The molecule has 0 bridgehead atoms. The number of piperidine rings is 1. The Hall–Kier alpha value is -2.57. The Kier molecular flexibility index (Phi) is 4.69. The van der Waals surface area contributed by atoms with E-state index in [-0.39, 0.29) is 23.3 Å². The Balaban J connectivity index is 1.82. The quantitative estimate of drug-likeness (QED) is 0.936. The molecule has 1 fully saturated rings. The zero-order chi connectivity index (χ0) is 17.1. The van der Waals surface area contributed by atoms with Crippen LogP contribution in [-0.2, 0) is 11.2 Å². The van der Waals surface area contributed by atoms with Crippen LogP contribution in [0.5, 0.6) is 0 Å². The molecular weight excluding hydrogens is 315 g/mol. The highest BCUT2D eigenvalue weighted by molar-refractivity contribution is 5.68. The van der Waals surface area contributed by atoms with Crippen LogP contribution < -0.4 is 5.56 Å². The third-order valence-corrected chi connectivity index (χ3v) is 4.48. The van der Waals surface area contributed by atoms with E-state index in [1.54, 1.807) is 23.1 Å². The summed E-state index contributed by atoms with van der Waals surface area (Å²) in [5.41, 5.74) is 0.263. The van der Waals surface area contributed by atoms with Gasteiger partial charge in [-0.2, -0.15) is 5.16 Å². The lowest BCUT2D eigenvalue weighted by molar-refractivity contribution is 0.0814. The summed E-state index contributed by atoms with van der Waals surface area (Å²) in [5.74, 6) is 0.280. The van der Waals surface area contributed by atoms with Crippen molar-refractivity contribution in [2.75, 3.05) is 13.7 Å². The fraction of sp³-hybridized carbons (Fsp3) is 0.412. The molecule has 0 radical (unpaired) electrons. The molecule has 1 N–H and O–H groups in total. The van der Waals surface area contributed by atoms with Gasteiger partial charge in [-0.3, -0.25) is 4.79 Å². The van der Waals surface area contributed by atoms with Gasteiger partial charge >= 0.3 is 6.09 Å². The monoisotopic (exact) mass is 334 g/mol. The second kappa shape index (κ2) is 6.90. The van der Waals surface area contributed by atoms with Crippen LogP contribution in [0.2, 0.25) is 0 Å². The third-order valence-electron chi connectivity index (χ3n) is 4.48. The van der Waals surface area contributed by atoms with E-state index in [1.807, 2.05) is 0 Å². The molecule has 0 spiro atoms. The van der Waals surface area contributed by atoms with Gasteiger partial charge in [0, 0.05) is 24.6 Å². The maximum absolute atomic E-state index is 14.0. The molecule has 2 heterocycles. The summed E-state index contributed by atoms with van der Waals surface area (Å²) in [6.45, 7) is 0.464. The van der Waals surface area contributed by atoms with E-state index in [2.05, 4.69) is 5.16 Å². The standard InChI is InChI=1S/C17H19FN2O4/c1-23-17(22)20-7-6-12(15-10-16(21)19-24-15)9-13(20)8-11-4-2-3-5-14(11)18/h2-5,10,12-13H,6-9H2,1H3,(H,19,21)/t12-,13-/m1/s1. The van der Waals surface area contributed by atoms with Gasteiger partial charge in [-0.05, 0) is 30.9 Å². The number of amides is 1. The van der Waals surface area contributed by atoms with Gasteiger partial charge in [-0.25, -0.2) is 9.18 Å². The van der Waals surface area contributed by atoms with E-state index >= 15 is 0 Å². The molecule has 0 saturated carbocycles. The molecule has 24 heavy (non-hydrogen) atoms. The lowest BCUT2D eigenvalue weighted by Gasteiger charge is -2.38. The number of carbonyl (C=O) groups is 1. The highest BCUT2D eigenvalue weighted by atomic mass is 19.1. The number of ether oxygens (including phenoxy) is 1. The van der Waals surface area contributed by atoms with Crippen LogP contribution in [0.25, 0.3) is 0 Å². The van der Waals surface area contributed by atoms with Crippen LogP contribution in [0.4, 0.5) is 9.18 Å². The molecule has 1 amide bonds. The second-order valence-electron chi connectivity index (χ2n) is 5.95. The number of carbonyl (C=O) groups excluding carboxylic acids is 1. The van der Waals surface area contributed by atoms with Crippen LogP contribution in [0, 0.1) is 5.82 Å². The third kappa shape index (κ3) is 3.34. The topological polar surface area (TPSA) is 75.5 Å². The van der Waals surface area contributed by atoms with Crippen molar-refractivity contribution in [3.05, 3.63) is 57.8 Å². The summed E-state index contributed by atoms with van der Waals surface area (Å²) in [6.07, 6.45) is 1.19. The van der Waals surface area contributed by atoms with Crippen molar-refractivity contribution in [3.63, 3.8) is 0 Å². The predicted molar refractivity (Wildman–Crippen MR) is 84.3 cm³/mol. The van der Waals surface area contributed by atoms with Crippen molar-refractivity contribution in [2.45, 2.75) is 31.2 Å². The van der Waals surface area contributed by atoms with Crippen molar-refractivity contribution in [1.29, 1.82) is 0 Å². The summed E-state index contributed by atoms with van der Waals surface area (Å²) in [7, 11) is 1.33. The van der Waals surface area contributed by atoms with E-state index < -0.39 is 6.09 Å². The Morgan fingerprint density at radius 2 is 2.25 bits per heavy atom. The lowest BCUT2D eigenvalue weighted by atomic mass is 9.86. The van der Waals surface area contributed by atoms with Crippen LogP contribution in [-0.4, -0.2) is 35.8 Å². The van der Waals surface area contributed by atoms with Crippen LogP contribution in [0.15, 0.2) is 39.6 Å². The number of likely N-dealkylation sites (tertiary alicyclic amines) is 1. The number of methoxy groups -OCH3 is 1. The second-order valence-corrected chi connectivity index (χ2v) is 5.95. The Labute approximate surface area is 138 Å². The highest BCUT2D eigenvalue weighted by Gasteiger charge is 2.34. The van der Waals surface area contributed by atoms with Crippen molar-refractivity contribution in [3.8, 4) is 0 Å². The van der Waals surface area contributed by atoms with Crippen molar-refractivity contribution in [1.82, 2.24) is 10.1 Å². The van der Waals surface area contributed by atoms with Gasteiger partial charge < -0.3 is 14.2 Å². The van der Waals surface area contributed by atoms with E-state index in [1.165, 1.54) is 19.2 Å². The minimum atomic E-state index is -0.426. The molecule has 1 aliphatic heterocycles. The zero-order valence-corrected chi connectivity index (χ0v) is 13.3. The van der Waals surface area contributed by atoms with Gasteiger partial charge in [0.1, 0.15) is 11.6 Å². The number of benzene rings is 1. The average Bonchev–Trinajstić information content (AvgIpc) is 3.03. The number of halogens is 1. The molecular formula is C17H19FN2O4. The van der Waals surface area contributed by atoms with Gasteiger partial charge in [0.25, 0.3) is 5.56 Å². The van der Waals surface area contributed by atoms with Gasteiger partial charge in [0.2, 0.25) is 0 Å². The summed E-state index contributed by atoms with van der Waals surface area (Å²) < 4.78 is 24.0. The van der Waals surface area contributed by atoms with Crippen molar-refractivity contribution >= 4 is 6.09 Å². The maximum Gasteiger partial charge on any atom is 0.409 e. The molecule has 2 aromatic rings. The highest BCUT2D eigenvalue weighted by Crippen LogP contribution is 2.33. The lowest BCUT2D eigenvalue weighted by Crippen LogP contribution is -2.46. The number of nitrogens with zero attached hydrogens (tertiary/aromatic N) is 1. The summed E-state index contributed by atoms with van der Waals surface area (Å²) in [4.78, 5) is 24.9. The molecule has 1 aliphatic rings. The first kappa shape index (κ1) is 16.3. The molecule has 1 aromatic heterocycles. The Morgan fingerprint density at radius 1 is 1.46 bits per heavy atom. The van der Waals surface area contributed by atoms with Gasteiger partial charge in [0.15, 0.2) is 0 Å². The van der Waals surface area contributed by atoms with Crippen LogP contribution >= 0.6 is 0 Å². The smallest absolute Gasteiger partial charge is 0.409 e. The first-order chi connectivity index (χ1) is 11.6. The van der Waals surface area contributed by atoms with E-state index in [4.69, 9.17) is 9.26 Å². The Morgan fingerprint density at radius 3 is 2.92 bits per heavy atom. The normalized spacial score (nSPS) is 20.8. The minimum Gasteiger partial charge on any atom is -0.453 e. The summed E-state index contributed by atoms with van der Waals surface area (Å²) in [5, 5.41) is 2.29. The number of hydrogen-bond acceptors (Lipinski definition) is 4. The summed E-state index contributed by atoms with van der Waals surface area (Å²) >= 11 is 0. The zero-order valence-electron chi connectivity index (χ0n) is 13.3. The van der Waals surface area contributed by atoms with Gasteiger partial charge in [-0.15, -0.1) is 0 Å². The first-order valence-electron chi connectivity index (χ1n) is 7.85. The largest absolute Gasteiger partial charge is 0.453 e. The molecule has 1 aromatic carbocycles. The molecule has 128 valence electrons. The number of H-pyrrole nitrogens is 1.